The van der Waals surface area contributed by atoms with Gasteiger partial charge in [-0.15, -0.1) is 26.3 Å². The van der Waals surface area contributed by atoms with E-state index in [0.29, 0.717) is 37.0 Å². The van der Waals surface area contributed by atoms with Gasteiger partial charge in [-0.3, -0.25) is 0 Å². The molecule has 0 aromatic carbocycles. The van der Waals surface area contributed by atoms with Gasteiger partial charge in [-0.2, -0.15) is 0 Å². The molecule has 0 aliphatic carbocycles. The van der Waals surface area contributed by atoms with Gasteiger partial charge in [0, 0.05) is 37.0 Å². The Hall–Kier alpha value is -0.580. The summed E-state index contributed by atoms with van der Waals surface area (Å²) < 4.78 is 25.1. The predicted octanol–water partition coefficient (Wildman–Crippen LogP) is 4.46. The minimum atomic E-state index is -2.34. The highest BCUT2D eigenvalue weighted by Crippen LogP contribution is 2.53. The van der Waals surface area contributed by atoms with Crippen LogP contribution >= 0.6 is 14.3 Å². The van der Waals surface area contributed by atoms with Gasteiger partial charge in [0.1, 0.15) is 0 Å². The van der Waals surface area contributed by atoms with Crippen molar-refractivity contribution in [2.45, 2.75) is 0 Å². The fraction of sp³-hybridized carbons (Fsp3) is 0.429. The maximum Gasteiger partial charge on any atom is 0.0953 e. The van der Waals surface area contributed by atoms with Crippen molar-refractivity contribution in [1.29, 1.82) is 0 Å². The Bertz CT molecular complexity index is 331. The third-order valence-corrected chi connectivity index (χ3v) is 8.89. The molecule has 0 aliphatic rings. The van der Waals surface area contributed by atoms with Crippen molar-refractivity contribution in [2.24, 2.45) is 0 Å². The maximum absolute atomic E-state index is 12.6. The normalized spacial score (nSPS) is 11.8. The van der Waals surface area contributed by atoms with Crippen LogP contribution < -0.4 is 0 Å². The Kier molecular flexibility index (Phi) is 8.24. The summed E-state index contributed by atoms with van der Waals surface area (Å²) in [5.74, 6) is 0. The zero-order valence-electron chi connectivity index (χ0n) is 11.1. The average molecular weight is 286 g/mol. The van der Waals surface area contributed by atoms with Gasteiger partial charge in [0.2, 0.25) is 0 Å². The minimum Gasteiger partial charge on any atom is -0.323 e. The quantitative estimate of drug-likeness (QED) is 0.415. The lowest BCUT2D eigenvalue weighted by Crippen LogP contribution is -2.05. The fourth-order valence-electron chi connectivity index (χ4n) is 1.82. The Morgan fingerprint density at radius 1 is 0.611 bits per heavy atom. The molecule has 0 aromatic rings. The van der Waals surface area contributed by atoms with E-state index < -0.39 is 14.3 Å². The zero-order chi connectivity index (χ0) is 14.1. The lowest BCUT2D eigenvalue weighted by Gasteiger charge is -2.19. The van der Waals surface area contributed by atoms with Gasteiger partial charge in [0.05, 0.1) is 14.3 Å². The van der Waals surface area contributed by atoms with Crippen molar-refractivity contribution in [3.63, 3.8) is 0 Å². The van der Waals surface area contributed by atoms with Crippen molar-refractivity contribution in [3.8, 4) is 0 Å². The van der Waals surface area contributed by atoms with E-state index >= 15 is 0 Å². The number of hydrogen-bond donors (Lipinski definition) is 0. The molecular weight excluding hydrogens is 262 g/mol. The minimum absolute atomic E-state index is 0.487. The highest BCUT2D eigenvalue weighted by molar-refractivity contribution is 7.68. The molecule has 0 amide bonds. The zero-order valence-corrected chi connectivity index (χ0v) is 12.9. The summed E-state index contributed by atoms with van der Waals surface area (Å²) in [6.45, 7) is 14.5. The van der Waals surface area contributed by atoms with Crippen LogP contribution in [0.3, 0.4) is 0 Å². The van der Waals surface area contributed by atoms with Crippen molar-refractivity contribution in [1.82, 2.24) is 0 Å². The molecule has 18 heavy (non-hydrogen) atoms. The number of allylic oxidation sites excluding steroid dienone is 4. The topological polar surface area (TPSA) is 34.1 Å². The van der Waals surface area contributed by atoms with E-state index in [1.807, 2.05) is 0 Å². The lowest BCUT2D eigenvalue weighted by molar-refractivity contribution is 0.572. The predicted molar refractivity (Wildman–Crippen MR) is 85.2 cm³/mol. The summed E-state index contributed by atoms with van der Waals surface area (Å²) in [6.07, 6.45) is 9.64. The van der Waals surface area contributed by atoms with Gasteiger partial charge < -0.3 is 9.13 Å². The molecule has 0 saturated carbocycles. The number of rotatable bonds is 11. The van der Waals surface area contributed by atoms with Crippen molar-refractivity contribution < 1.29 is 9.13 Å². The van der Waals surface area contributed by atoms with Crippen LogP contribution in [0.2, 0.25) is 0 Å². The van der Waals surface area contributed by atoms with E-state index in [1.54, 1.807) is 24.3 Å². The first-order valence-electron chi connectivity index (χ1n) is 6.03. The Morgan fingerprint density at radius 3 is 1.00 bits per heavy atom. The van der Waals surface area contributed by atoms with Crippen LogP contribution in [0.4, 0.5) is 0 Å². The first kappa shape index (κ1) is 17.4. The first-order valence-corrected chi connectivity index (χ1v) is 10.6. The summed E-state index contributed by atoms with van der Waals surface area (Å²) in [6, 6.07) is 0. The standard InChI is InChI=1S/C14H24O2P2/c1-5-9-17(15,10-6-2)13-14-18(16,11-7-3)12-8-4/h5-8H,1-4,9-14H2. The largest absolute Gasteiger partial charge is 0.323 e. The van der Waals surface area contributed by atoms with E-state index in [2.05, 4.69) is 26.3 Å². The van der Waals surface area contributed by atoms with Gasteiger partial charge in [-0.1, -0.05) is 24.3 Å². The third-order valence-electron chi connectivity index (χ3n) is 2.76. The molecule has 0 atom stereocenters. The van der Waals surface area contributed by atoms with Gasteiger partial charge in [-0.25, -0.2) is 0 Å². The molecule has 0 unspecified atom stereocenters. The van der Waals surface area contributed by atoms with E-state index in [4.69, 9.17) is 0 Å². The third kappa shape index (κ3) is 6.38. The Balaban J connectivity index is 4.74. The van der Waals surface area contributed by atoms with Gasteiger partial charge in [-0.05, 0) is 0 Å². The Labute approximate surface area is 111 Å². The van der Waals surface area contributed by atoms with Crippen LogP contribution in [0.25, 0.3) is 0 Å². The van der Waals surface area contributed by atoms with Crippen molar-refractivity contribution in [3.05, 3.63) is 50.6 Å². The average Bonchev–Trinajstić information content (AvgIpc) is 2.28. The van der Waals surface area contributed by atoms with Crippen LogP contribution in [0.1, 0.15) is 0 Å². The molecular formula is C14H24O2P2. The van der Waals surface area contributed by atoms with Crippen molar-refractivity contribution in [2.75, 3.05) is 37.0 Å². The highest BCUT2D eigenvalue weighted by atomic mass is 31.2. The van der Waals surface area contributed by atoms with Crippen LogP contribution in [-0.2, 0) is 9.13 Å². The van der Waals surface area contributed by atoms with Crippen LogP contribution in [0.15, 0.2) is 50.6 Å². The molecule has 0 spiro atoms. The van der Waals surface area contributed by atoms with E-state index in [-0.39, 0.29) is 0 Å². The molecule has 2 nitrogen and oxygen atoms in total. The van der Waals surface area contributed by atoms with E-state index in [1.165, 1.54) is 0 Å². The lowest BCUT2D eigenvalue weighted by atomic mass is 10.7. The maximum atomic E-state index is 12.6. The van der Waals surface area contributed by atoms with E-state index in [0.717, 1.165) is 0 Å². The van der Waals surface area contributed by atoms with E-state index in [9.17, 15) is 9.13 Å². The summed E-state index contributed by atoms with van der Waals surface area (Å²) in [5.41, 5.74) is 0. The fourth-order valence-corrected chi connectivity index (χ4v) is 7.65. The molecule has 0 radical (unpaired) electrons. The second-order valence-electron chi connectivity index (χ2n) is 4.45. The summed E-state index contributed by atoms with van der Waals surface area (Å²) in [5, 5.41) is 0. The molecule has 4 heteroatoms. The second-order valence-corrected chi connectivity index (χ2v) is 11.0. The van der Waals surface area contributed by atoms with Crippen molar-refractivity contribution >= 4 is 14.3 Å². The first-order chi connectivity index (χ1) is 8.45. The molecule has 0 bridgehead atoms. The van der Waals surface area contributed by atoms with Crippen LogP contribution in [0, 0.1) is 0 Å². The molecule has 0 aliphatic heterocycles. The molecule has 0 saturated heterocycles. The summed E-state index contributed by atoms with van der Waals surface area (Å²) in [7, 11) is -4.68. The molecule has 0 rings (SSSR count). The second kappa shape index (κ2) is 8.51. The molecule has 0 heterocycles. The smallest absolute Gasteiger partial charge is 0.0953 e. The molecule has 102 valence electrons. The molecule has 0 aromatic heterocycles. The molecule has 0 N–H and O–H groups in total. The SMILES string of the molecule is C=CCP(=O)(CC=C)CCP(=O)(CC=C)CC=C. The Morgan fingerprint density at radius 2 is 0.833 bits per heavy atom. The summed E-state index contributed by atoms with van der Waals surface area (Å²) in [4.78, 5) is 0. The number of hydrogen-bond acceptors (Lipinski definition) is 2. The van der Waals surface area contributed by atoms with Gasteiger partial charge in [0.15, 0.2) is 0 Å². The van der Waals surface area contributed by atoms with Gasteiger partial charge >= 0.3 is 0 Å². The monoisotopic (exact) mass is 286 g/mol. The van der Waals surface area contributed by atoms with Gasteiger partial charge in [0.25, 0.3) is 0 Å². The van der Waals surface area contributed by atoms with Crippen LogP contribution in [0.5, 0.6) is 0 Å². The summed E-state index contributed by atoms with van der Waals surface area (Å²) >= 11 is 0. The van der Waals surface area contributed by atoms with Crippen LogP contribution in [-0.4, -0.2) is 37.0 Å². The molecule has 0 fully saturated rings. The highest BCUT2D eigenvalue weighted by Gasteiger charge is 2.25.